The Balaban J connectivity index is 0.000000239. The predicted molar refractivity (Wildman–Crippen MR) is 88.7 cm³/mol. The first-order chi connectivity index (χ1) is 10.7. The molecule has 0 heterocycles. The van der Waals surface area contributed by atoms with E-state index in [1.165, 1.54) is 9.79 Å². The Morgan fingerprint density at radius 1 is 0.773 bits per heavy atom. The number of carbonyl (C=O) groups is 2. The summed E-state index contributed by atoms with van der Waals surface area (Å²) >= 11 is 1.79. The molecule has 0 saturated heterocycles. The molecule has 0 fully saturated rings. The summed E-state index contributed by atoms with van der Waals surface area (Å²) in [5, 5.41) is 0. The lowest BCUT2D eigenvalue weighted by Gasteiger charge is -1.99. The van der Waals surface area contributed by atoms with Gasteiger partial charge in [-0.2, -0.15) is 0 Å². The number of rotatable bonds is 4. The summed E-state index contributed by atoms with van der Waals surface area (Å²) in [7, 11) is 0. The van der Waals surface area contributed by atoms with Gasteiger partial charge in [0.25, 0.3) is 0 Å². The number of esters is 2. The summed E-state index contributed by atoms with van der Waals surface area (Å²) in [4.78, 5) is 23.2. The summed E-state index contributed by atoms with van der Waals surface area (Å²) in [6.45, 7) is 3.29. The molecule has 2 rings (SSSR count). The average Bonchev–Trinajstić information content (AvgIpc) is 2.57. The zero-order valence-electron chi connectivity index (χ0n) is 12.8. The molecule has 116 valence electrons. The minimum Gasteiger partial charge on any atom is -0.393 e. The van der Waals surface area contributed by atoms with E-state index in [1.54, 1.807) is 25.6 Å². The third-order valence-corrected chi connectivity index (χ3v) is 3.54. The van der Waals surface area contributed by atoms with Gasteiger partial charge in [-0.05, 0) is 24.3 Å². The summed E-state index contributed by atoms with van der Waals surface area (Å²) in [5.41, 5.74) is 0. The van der Waals surface area contributed by atoms with Gasteiger partial charge in [-0.15, -0.1) is 0 Å². The van der Waals surface area contributed by atoms with Gasteiger partial charge in [-0.25, -0.2) is 0 Å². The summed E-state index contributed by atoms with van der Waals surface area (Å²) < 4.78 is 4.27. The zero-order valence-corrected chi connectivity index (χ0v) is 13.6. The molecule has 0 aliphatic rings. The van der Waals surface area contributed by atoms with Crippen molar-refractivity contribution in [2.75, 3.05) is 0 Å². The number of ether oxygens (including phenoxy) is 1. The molecule has 0 aliphatic heterocycles. The number of benzene rings is 2. The molecule has 0 bridgehead atoms. The topological polar surface area (TPSA) is 43.4 Å². The van der Waals surface area contributed by atoms with Gasteiger partial charge < -0.3 is 4.74 Å². The molecule has 4 heteroatoms. The van der Waals surface area contributed by atoms with Crippen molar-refractivity contribution < 1.29 is 14.3 Å². The van der Waals surface area contributed by atoms with Crippen LogP contribution in [0.15, 0.2) is 70.5 Å². The largest absolute Gasteiger partial charge is 0.393 e. The van der Waals surface area contributed by atoms with Crippen LogP contribution in [0.25, 0.3) is 0 Å². The lowest BCUT2D eigenvalue weighted by molar-refractivity contribution is -0.159. The molecule has 2 aromatic rings. The molecule has 0 saturated carbocycles. The van der Waals surface area contributed by atoms with Gasteiger partial charge in [-0.1, -0.05) is 62.0 Å². The van der Waals surface area contributed by atoms with Crippen LogP contribution in [0.3, 0.4) is 0 Å². The van der Waals surface area contributed by atoms with Gasteiger partial charge in [0.1, 0.15) is 0 Å². The molecule has 0 spiro atoms. The van der Waals surface area contributed by atoms with E-state index in [0.717, 1.165) is 0 Å². The van der Waals surface area contributed by atoms with Crippen LogP contribution in [-0.4, -0.2) is 11.9 Å². The summed E-state index contributed by atoms with van der Waals surface area (Å²) in [6, 6.07) is 20.8. The summed E-state index contributed by atoms with van der Waals surface area (Å²) in [6.07, 6.45) is 0.511. The van der Waals surface area contributed by atoms with Gasteiger partial charge in [0.15, 0.2) is 0 Å². The van der Waals surface area contributed by atoms with Crippen LogP contribution in [0.1, 0.15) is 26.7 Å². The predicted octanol–water partition coefficient (Wildman–Crippen LogP) is 4.71. The van der Waals surface area contributed by atoms with Gasteiger partial charge in [-0.3, -0.25) is 9.59 Å². The SMILES string of the molecule is CCC(=O)OC(=O)CC.c1ccc(Sc2ccccc2)cc1. The van der Waals surface area contributed by atoms with Crippen molar-refractivity contribution in [1.29, 1.82) is 0 Å². The molecule has 3 nitrogen and oxygen atoms in total. The Bertz CT molecular complexity index is 516. The van der Waals surface area contributed by atoms with Gasteiger partial charge in [0.2, 0.25) is 0 Å². The second-order valence-electron chi connectivity index (χ2n) is 4.28. The summed E-state index contributed by atoms with van der Waals surface area (Å²) in [5.74, 6) is -0.913. The van der Waals surface area contributed by atoms with E-state index < -0.39 is 11.9 Å². The maximum Gasteiger partial charge on any atom is 0.313 e. The number of hydrogen-bond acceptors (Lipinski definition) is 4. The van der Waals surface area contributed by atoms with Gasteiger partial charge >= 0.3 is 11.9 Å². The molecule has 0 unspecified atom stereocenters. The van der Waals surface area contributed by atoms with Crippen LogP contribution in [0.4, 0.5) is 0 Å². The smallest absolute Gasteiger partial charge is 0.313 e. The lowest BCUT2D eigenvalue weighted by atomic mass is 10.4. The zero-order chi connectivity index (χ0) is 16.2. The monoisotopic (exact) mass is 316 g/mol. The van der Waals surface area contributed by atoms with Crippen molar-refractivity contribution in [3.05, 3.63) is 60.7 Å². The van der Waals surface area contributed by atoms with Crippen molar-refractivity contribution in [1.82, 2.24) is 0 Å². The fraction of sp³-hybridized carbons (Fsp3) is 0.222. The Morgan fingerprint density at radius 2 is 1.14 bits per heavy atom. The lowest BCUT2D eigenvalue weighted by Crippen LogP contribution is -2.09. The normalized spacial score (nSPS) is 9.36. The molecule has 2 aromatic carbocycles. The number of carbonyl (C=O) groups excluding carboxylic acids is 2. The van der Waals surface area contributed by atoms with Crippen molar-refractivity contribution in [2.45, 2.75) is 36.5 Å². The third-order valence-electron chi connectivity index (χ3n) is 2.53. The van der Waals surface area contributed by atoms with Crippen LogP contribution in [0, 0.1) is 0 Å². The first kappa shape index (κ1) is 18.0. The Morgan fingerprint density at radius 3 is 1.45 bits per heavy atom. The average molecular weight is 316 g/mol. The molecule has 0 radical (unpaired) electrons. The highest BCUT2D eigenvalue weighted by atomic mass is 32.2. The van der Waals surface area contributed by atoms with Crippen LogP contribution in [-0.2, 0) is 14.3 Å². The van der Waals surface area contributed by atoms with E-state index in [0.29, 0.717) is 0 Å². The van der Waals surface area contributed by atoms with E-state index in [9.17, 15) is 9.59 Å². The van der Waals surface area contributed by atoms with Crippen molar-refractivity contribution >= 4 is 23.7 Å². The van der Waals surface area contributed by atoms with Crippen molar-refractivity contribution in [3.8, 4) is 0 Å². The Kier molecular flexibility index (Phi) is 8.69. The fourth-order valence-corrected chi connectivity index (χ4v) is 2.24. The number of hydrogen-bond donors (Lipinski definition) is 0. The van der Waals surface area contributed by atoms with E-state index in [1.807, 2.05) is 12.1 Å². The van der Waals surface area contributed by atoms with Crippen LogP contribution >= 0.6 is 11.8 Å². The van der Waals surface area contributed by atoms with Crippen LogP contribution < -0.4 is 0 Å². The van der Waals surface area contributed by atoms with Crippen molar-refractivity contribution in [2.24, 2.45) is 0 Å². The highest BCUT2D eigenvalue weighted by Gasteiger charge is 2.03. The van der Waals surface area contributed by atoms with Gasteiger partial charge in [0, 0.05) is 22.6 Å². The molecule has 0 N–H and O–H groups in total. The maximum absolute atomic E-state index is 10.3. The molecule has 0 atom stereocenters. The minimum atomic E-state index is -0.457. The maximum atomic E-state index is 10.3. The van der Waals surface area contributed by atoms with Crippen LogP contribution in [0.2, 0.25) is 0 Å². The van der Waals surface area contributed by atoms with Crippen LogP contribution in [0.5, 0.6) is 0 Å². The van der Waals surface area contributed by atoms with Gasteiger partial charge in [0.05, 0.1) is 0 Å². The second-order valence-corrected chi connectivity index (χ2v) is 5.43. The van der Waals surface area contributed by atoms with E-state index in [4.69, 9.17) is 0 Å². The molecule has 22 heavy (non-hydrogen) atoms. The first-order valence-corrected chi connectivity index (χ1v) is 7.98. The van der Waals surface area contributed by atoms with E-state index in [-0.39, 0.29) is 12.8 Å². The quantitative estimate of drug-likeness (QED) is 0.605. The third kappa shape index (κ3) is 7.64. The molecule has 0 aliphatic carbocycles. The Labute approximate surface area is 135 Å². The standard InChI is InChI=1S/C12H10S.C6H10O3/c1-3-7-11(8-4-1)13-12-9-5-2-6-10-12;1-3-5(7)9-6(8)4-2/h1-10H;3-4H2,1-2H3. The van der Waals surface area contributed by atoms with E-state index >= 15 is 0 Å². The molecular weight excluding hydrogens is 296 g/mol. The highest BCUT2D eigenvalue weighted by Crippen LogP contribution is 2.26. The fourth-order valence-electron chi connectivity index (χ4n) is 1.38. The molecule has 0 amide bonds. The minimum absolute atomic E-state index is 0.256. The Hall–Kier alpha value is -2.07. The highest BCUT2D eigenvalue weighted by molar-refractivity contribution is 7.99. The first-order valence-electron chi connectivity index (χ1n) is 7.17. The molecule has 0 aromatic heterocycles. The van der Waals surface area contributed by atoms with Crippen molar-refractivity contribution in [3.63, 3.8) is 0 Å². The molecular formula is C18H20O3S. The van der Waals surface area contributed by atoms with E-state index in [2.05, 4.69) is 53.3 Å². The second kappa shape index (κ2) is 10.6.